The van der Waals surface area contributed by atoms with Crippen molar-refractivity contribution in [3.63, 3.8) is 0 Å². The average molecular weight is 245 g/mol. The summed E-state index contributed by atoms with van der Waals surface area (Å²) in [6.45, 7) is 0.804. The molecule has 18 heavy (non-hydrogen) atoms. The summed E-state index contributed by atoms with van der Waals surface area (Å²) >= 11 is 0. The van der Waals surface area contributed by atoms with E-state index < -0.39 is 0 Å². The van der Waals surface area contributed by atoms with Gasteiger partial charge in [-0.05, 0) is 18.2 Å². The number of aromatic nitrogens is 2. The zero-order chi connectivity index (χ0) is 12.8. The Morgan fingerprint density at radius 1 is 1.17 bits per heavy atom. The van der Waals surface area contributed by atoms with Crippen molar-refractivity contribution < 1.29 is 9.47 Å². The predicted octanol–water partition coefficient (Wildman–Crippen LogP) is 1.52. The second-order valence-electron chi connectivity index (χ2n) is 3.65. The molecule has 2 aromatic rings. The largest absolute Gasteiger partial charge is 0.486 e. The smallest absolute Gasteiger partial charge is 0.213 e. The number of ether oxygens (including phenoxy) is 2. The van der Waals surface area contributed by atoms with Crippen LogP contribution in [-0.2, 0) is 13.2 Å². The van der Waals surface area contributed by atoms with Crippen LogP contribution in [-0.4, -0.2) is 17.1 Å². The Hall–Kier alpha value is -2.14. The molecule has 0 aromatic carbocycles. The van der Waals surface area contributed by atoms with Crippen LogP contribution in [0.3, 0.4) is 0 Å². The van der Waals surface area contributed by atoms with Crippen molar-refractivity contribution in [2.45, 2.75) is 13.2 Å². The lowest BCUT2D eigenvalue weighted by atomic mass is 10.3. The van der Waals surface area contributed by atoms with Gasteiger partial charge in [0, 0.05) is 12.6 Å². The number of pyridine rings is 2. The molecule has 2 heterocycles. The van der Waals surface area contributed by atoms with Crippen LogP contribution in [0.5, 0.6) is 11.6 Å². The molecule has 0 atom stereocenters. The average Bonchev–Trinajstić information content (AvgIpc) is 2.46. The van der Waals surface area contributed by atoms with Gasteiger partial charge >= 0.3 is 0 Å². The summed E-state index contributed by atoms with van der Waals surface area (Å²) in [6.07, 6.45) is 1.66. The highest BCUT2D eigenvalue weighted by molar-refractivity contribution is 5.21. The Bertz CT molecular complexity index is 500. The second-order valence-corrected chi connectivity index (χ2v) is 3.65. The van der Waals surface area contributed by atoms with Gasteiger partial charge in [-0.1, -0.05) is 6.07 Å². The lowest BCUT2D eigenvalue weighted by molar-refractivity contribution is 0.297. The van der Waals surface area contributed by atoms with Gasteiger partial charge in [-0.3, -0.25) is 4.98 Å². The van der Waals surface area contributed by atoms with Crippen LogP contribution in [0.15, 0.2) is 36.5 Å². The highest BCUT2D eigenvalue weighted by Gasteiger charge is 2.00. The summed E-state index contributed by atoms with van der Waals surface area (Å²) in [4.78, 5) is 8.40. The van der Waals surface area contributed by atoms with Gasteiger partial charge in [0.2, 0.25) is 5.88 Å². The highest BCUT2D eigenvalue weighted by Crippen LogP contribution is 2.12. The van der Waals surface area contributed by atoms with Crippen LogP contribution in [0.25, 0.3) is 0 Å². The Labute approximate surface area is 106 Å². The summed E-state index contributed by atoms with van der Waals surface area (Å²) in [6, 6.07) is 9.23. The molecule has 5 heteroatoms. The third-order valence-electron chi connectivity index (χ3n) is 2.38. The quantitative estimate of drug-likeness (QED) is 0.864. The standard InChI is InChI=1S/C13H15N3O2/c1-17-13-4-2-3-11(16-13)9-18-12-6-5-10(7-14)15-8-12/h2-6,8H,7,9,14H2,1H3. The van der Waals surface area contributed by atoms with Gasteiger partial charge < -0.3 is 15.2 Å². The Kier molecular flexibility index (Phi) is 4.09. The SMILES string of the molecule is COc1cccc(COc2ccc(CN)nc2)n1. The fourth-order valence-corrected chi connectivity index (χ4v) is 1.43. The molecule has 0 spiro atoms. The van der Waals surface area contributed by atoms with Gasteiger partial charge in [0.25, 0.3) is 0 Å². The van der Waals surface area contributed by atoms with E-state index in [0.717, 1.165) is 11.4 Å². The molecule has 94 valence electrons. The van der Waals surface area contributed by atoms with E-state index in [4.69, 9.17) is 15.2 Å². The molecule has 2 rings (SSSR count). The van der Waals surface area contributed by atoms with Crippen LogP contribution >= 0.6 is 0 Å². The molecule has 0 bridgehead atoms. The topological polar surface area (TPSA) is 70.3 Å². The van der Waals surface area contributed by atoms with Crippen LogP contribution in [0.4, 0.5) is 0 Å². The van der Waals surface area contributed by atoms with Crippen molar-refractivity contribution >= 4 is 0 Å². The number of hydrogen-bond acceptors (Lipinski definition) is 5. The van der Waals surface area contributed by atoms with E-state index in [0.29, 0.717) is 24.8 Å². The van der Waals surface area contributed by atoms with Gasteiger partial charge in [0.05, 0.1) is 24.7 Å². The molecule has 0 radical (unpaired) electrons. The van der Waals surface area contributed by atoms with E-state index >= 15 is 0 Å². The summed E-state index contributed by atoms with van der Waals surface area (Å²) in [5.41, 5.74) is 7.11. The van der Waals surface area contributed by atoms with E-state index in [2.05, 4.69) is 9.97 Å². The molecule has 0 unspecified atom stereocenters. The molecule has 0 aliphatic heterocycles. The molecule has 0 aliphatic rings. The van der Waals surface area contributed by atoms with Crippen LogP contribution in [0.1, 0.15) is 11.4 Å². The lowest BCUT2D eigenvalue weighted by Gasteiger charge is -2.06. The van der Waals surface area contributed by atoms with Crippen LogP contribution in [0.2, 0.25) is 0 Å². The molecular weight excluding hydrogens is 230 g/mol. The van der Waals surface area contributed by atoms with Gasteiger partial charge in [-0.2, -0.15) is 0 Å². The zero-order valence-corrected chi connectivity index (χ0v) is 10.2. The summed E-state index contributed by atoms with van der Waals surface area (Å²) in [5.74, 6) is 1.27. The first-order chi connectivity index (χ1) is 8.81. The minimum atomic E-state index is 0.376. The molecule has 2 N–H and O–H groups in total. The number of hydrogen-bond donors (Lipinski definition) is 1. The minimum Gasteiger partial charge on any atom is -0.486 e. The van der Waals surface area contributed by atoms with Crippen molar-refractivity contribution in [3.8, 4) is 11.6 Å². The van der Waals surface area contributed by atoms with Crippen molar-refractivity contribution in [1.29, 1.82) is 0 Å². The molecule has 2 aromatic heterocycles. The molecular formula is C13H15N3O2. The van der Waals surface area contributed by atoms with Gasteiger partial charge in [-0.15, -0.1) is 0 Å². The lowest BCUT2D eigenvalue weighted by Crippen LogP contribution is -2.02. The van der Waals surface area contributed by atoms with Crippen molar-refractivity contribution in [2.24, 2.45) is 5.73 Å². The van der Waals surface area contributed by atoms with E-state index in [1.807, 2.05) is 24.3 Å². The van der Waals surface area contributed by atoms with Gasteiger partial charge in [0.15, 0.2) is 0 Å². The molecule has 0 saturated carbocycles. The fourth-order valence-electron chi connectivity index (χ4n) is 1.43. The highest BCUT2D eigenvalue weighted by atomic mass is 16.5. The predicted molar refractivity (Wildman–Crippen MR) is 67.2 cm³/mol. The summed E-state index contributed by atoms with van der Waals surface area (Å²) in [5, 5.41) is 0. The maximum Gasteiger partial charge on any atom is 0.213 e. The Balaban J connectivity index is 1.97. The first kappa shape index (κ1) is 12.3. The number of nitrogens with zero attached hydrogens (tertiary/aromatic N) is 2. The first-order valence-corrected chi connectivity index (χ1v) is 5.59. The Morgan fingerprint density at radius 2 is 2.06 bits per heavy atom. The minimum absolute atomic E-state index is 0.376. The molecule has 0 fully saturated rings. The maximum absolute atomic E-state index is 5.57. The van der Waals surface area contributed by atoms with Gasteiger partial charge in [0.1, 0.15) is 12.4 Å². The second kappa shape index (κ2) is 5.97. The summed E-state index contributed by atoms with van der Waals surface area (Å²) < 4.78 is 10.6. The maximum atomic E-state index is 5.57. The summed E-state index contributed by atoms with van der Waals surface area (Å²) in [7, 11) is 1.59. The van der Waals surface area contributed by atoms with E-state index in [1.54, 1.807) is 19.4 Å². The normalized spacial score (nSPS) is 10.1. The number of methoxy groups -OCH3 is 1. The van der Waals surface area contributed by atoms with Crippen LogP contribution in [0, 0.1) is 0 Å². The van der Waals surface area contributed by atoms with Gasteiger partial charge in [-0.25, -0.2) is 4.98 Å². The van der Waals surface area contributed by atoms with E-state index in [9.17, 15) is 0 Å². The number of nitrogens with two attached hydrogens (primary N) is 1. The zero-order valence-electron chi connectivity index (χ0n) is 10.2. The third-order valence-corrected chi connectivity index (χ3v) is 2.38. The molecule has 0 saturated heterocycles. The van der Waals surface area contributed by atoms with Crippen molar-refractivity contribution in [2.75, 3.05) is 7.11 Å². The van der Waals surface area contributed by atoms with Crippen molar-refractivity contribution in [3.05, 3.63) is 47.9 Å². The fraction of sp³-hybridized carbons (Fsp3) is 0.231. The molecule has 5 nitrogen and oxygen atoms in total. The third kappa shape index (κ3) is 3.18. The van der Waals surface area contributed by atoms with Crippen LogP contribution < -0.4 is 15.2 Å². The van der Waals surface area contributed by atoms with E-state index in [1.165, 1.54) is 0 Å². The molecule has 0 amide bonds. The van der Waals surface area contributed by atoms with Crippen molar-refractivity contribution in [1.82, 2.24) is 9.97 Å². The number of rotatable bonds is 5. The first-order valence-electron chi connectivity index (χ1n) is 5.59. The van der Waals surface area contributed by atoms with E-state index in [-0.39, 0.29) is 0 Å². The monoisotopic (exact) mass is 245 g/mol. The Morgan fingerprint density at radius 3 is 2.72 bits per heavy atom. The molecule has 0 aliphatic carbocycles.